The Morgan fingerprint density at radius 1 is 1.07 bits per heavy atom. The van der Waals surface area contributed by atoms with Crippen LogP contribution >= 0.6 is 0 Å². The Morgan fingerprint density at radius 2 is 1.66 bits per heavy atom. The number of nitrogens with zero attached hydrogens (tertiary/aromatic N) is 2. The molecule has 5 rings (SSSR count). The number of carbonyl (C=O) groups excluding carboxylic acids is 1. The van der Waals surface area contributed by atoms with E-state index in [1.807, 2.05) is 17.0 Å². The van der Waals surface area contributed by atoms with Crippen molar-refractivity contribution in [3.63, 3.8) is 0 Å². The second-order valence-corrected chi connectivity index (χ2v) is 8.80. The molecule has 0 radical (unpaired) electrons. The standard InChI is InChI=1S/C24H28N2O3/c1-25-12-10-24(11-13-25)14-17(27)15-26(24)23(28)29-16-22-20-8-4-2-6-18(20)19-7-3-5-9-21(19)22/h2-9,17,22,27H,10-16H2,1H3. The Morgan fingerprint density at radius 3 is 2.28 bits per heavy atom. The molecular weight excluding hydrogens is 364 g/mol. The fourth-order valence-electron chi connectivity index (χ4n) is 5.47. The Balaban J connectivity index is 1.34. The van der Waals surface area contributed by atoms with Gasteiger partial charge in [-0.25, -0.2) is 4.79 Å². The number of carbonyl (C=O) groups is 1. The lowest BCUT2D eigenvalue weighted by molar-refractivity contribution is 0.0388. The monoisotopic (exact) mass is 392 g/mol. The van der Waals surface area contributed by atoms with Gasteiger partial charge in [0.2, 0.25) is 0 Å². The lowest BCUT2D eigenvalue weighted by Gasteiger charge is -2.43. The Bertz CT molecular complexity index is 874. The summed E-state index contributed by atoms with van der Waals surface area (Å²) in [4.78, 5) is 17.2. The molecule has 1 aliphatic carbocycles. The molecule has 0 bridgehead atoms. The molecule has 5 nitrogen and oxygen atoms in total. The first-order valence-corrected chi connectivity index (χ1v) is 10.6. The second kappa shape index (κ2) is 7.15. The fourth-order valence-corrected chi connectivity index (χ4v) is 5.47. The van der Waals surface area contributed by atoms with Crippen LogP contribution in [0.15, 0.2) is 48.5 Å². The van der Waals surface area contributed by atoms with Gasteiger partial charge in [0.25, 0.3) is 0 Å². The molecule has 2 aromatic rings. The van der Waals surface area contributed by atoms with E-state index >= 15 is 0 Å². The summed E-state index contributed by atoms with van der Waals surface area (Å²) in [5.41, 5.74) is 4.64. The van der Waals surface area contributed by atoms with Gasteiger partial charge in [0, 0.05) is 19.0 Å². The van der Waals surface area contributed by atoms with Crippen LogP contribution in [0.1, 0.15) is 36.3 Å². The van der Waals surface area contributed by atoms with E-state index in [0.29, 0.717) is 19.6 Å². The molecule has 1 atom stereocenters. The van der Waals surface area contributed by atoms with Gasteiger partial charge in [-0.1, -0.05) is 48.5 Å². The first kappa shape index (κ1) is 18.6. The summed E-state index contributed by atoms with van der Waals surface area (Å²) in [6.45, 7) is 2.59. The normalized spacial score (nSPS) is 23.2. The third kappa shape index (κ3) is 3.13. The van der Waals surface area contributed by atoms with Gasteiger partial charge in [0.1, 0.15) is 6.61 Å². The van der Waals surface area contributed by atoms with E-state index in [2.05, 4.69) is 48.3 Å². The minimum atomic E-state index is -0.459. The fraction of sp³-hybridized carbons (Fsp3) is 0.458. The quantitative estimate of drug-likeness (QED) is 0.850. The molecule has 0 saturated carbocycles. The molecule has 1 N–H and O–H groups in total. The molecule has 1 unspecified atom stereocenters. The number of piperidine rings is 1. The molecule has 1 amide bonds. The Kier molecular flexibility index (Phi) is 4.60. The molecule has 152 valence electrons. The average molecular weight is 392 g/mol. The van der Waals surface area contributed by atoms with E-state index in [4.69, 9.17) is 4.74 Å². The Hall–Kier alpha value is -2.37. The van der Waals surface area contributed by atoms with Gasteiger partial charge >= 0.3 is 6.09 Å². The van der Waals surface area contributed by atoms with Crippen LogP contribution < -0.4 is 0 Å². The molecule has 2 fully saturated rings. The largest absolute Gasteiger partial charge is 0.448 e. The van der Waals surface area contributed by atoms with Crippen molar-refractivity contribution in [2.45, 2.75) is 36.8 Å². The Labute approximate surface area is 171 Å². The first-order chi connectivity index (χ1) is 14.1. The van der Waals surface area contributed by atoms with Crippen molar-refractivity contribution in [3.8, 4) is 11.1 Å². The SMILES string of the molecule is CN1CCC2(CC1)CC(O)CN2C(=O)OCC1c2ccccc2-c2ccccc21. The second-order valence-electron chi connectivity index (χ2n) is 8.80. The van der Waals surface area contributed by atoms with Crippen LogP contribution in [-0.2, 0) is 4.74 Å². The van der Waals surface area contributed by atoms with Crippen molar-refractivity contribution in [1.29, 1.82) is 0 Å². The predicted molar refractivity (Wildman–Crippen MR) is 112 cm³/mol. The van der Waals surface area contributed by atoms with Crippen LogP contribution in [0.4, 0.5) is 4.79 Å². The number of aliphatic hydroxyl groups excluding tert-OH is 1. The van der Waals surface area contributed by atoms with E-state index in [1.165, 1.54) is 22.3 Å². The number of β-amino-alcohol motifs (C(OH)–C–C–N with tert-alkyl or cyclic N) is 1. The molecule has 5 heteroatoms. The van der Waals surface area contributed by atoms with Crippen LogP contribution in [-0.4, -0.2) is 65.9 Å². The number of rotatable bonds is 2. The van der Waals surface area contributed by atoms with E-state index in [-0.39, 0.29) is 17.6 Å². The lowest BCUT2D eigenvalue weighted by atomic mass is 9.85. The summed E-state index contributed by atoms with van der Waals surface area (Å²) in [6, 6.07) is 16.7. The number of hydrogen-bond donors (Lipinski definition) is 1. The van der Waals surface area contributed by atoms with Crippen LogP contribution in [0.3, 0.4) is 0 Å². The maximum absolute atomic E-state index is 13.1. The smallest absolute Gasteiger partial charge is 0.410 e. The maximum Gasteiger partial charge on any atom is 0.410 e. The number of hydrogen-bond acceptors (Lipinski definition) is 4. The topological polar surface area (TPSA) is 53.0 Å². The minimum absolute atomic E-state index is 0.0623. The van der Waals surface area contributed by atoms with Crippen molar-refractivity contribution in [2.24, 2.45) is 0 Å². The van der Waals surface area contributed by atoms with Gasteiger partial charge in [-0.05, 0) is 48.6 Å². The van der Waals surface area contributed by atoms with E-state index in [1.54, 1.807) is 0 Å². The highest BCUT2D eigenvalue weighted by Gasteiger charge is 2.49. The number of amides is 1. The first-order valence-electron chi connectivity index (χ1n) is 10.6. The molecule has 0 aromatic heterocycles. The minimum Gasteiger partial charge on any atom is -0.448 e. The molecule has 29 heavy (non-hydrogen) atoms. The number of aliphatic hydroxyl groups is 1. The van der Waals surface area contributed by atoms with Crippen molar-refractivity contribution >= 4 is 6.09 Å². The number of fused-ring (bicyclic) bond motifs is 3. The van der Waals surface area contributed by atoms with Crippen LogP contribution in [0.2, 0.25) is 0 Å². The third-order valence-electron chi connectivity index (χ3n) is 7.06. The number of ether oxygens (including phenoxy) is 1. The van der Waals surface area contributed by atoms with Gasteiger partial charge in [-0.15, -0.1) is 0 Å². The molecule has 2 aromatic carbocycles. The average Bonchev–Trinajstić information content (AvgIpc) is 3.23. The number of benzene rings is 2. The third-order valence-corrected chi connectivity index (χ3v) is 7.06. The van der Waals surface area contributed by atoms with Gasteiger partial charge in [-0.2, -0.15) is 0 Å². The summed E-state index contributed by atoms with van der Waals surface area (Å²) in [6.07, 6.45) is 1.70. The summed E-state index contributed by atoms with van der Waals surface area (Å²) < 4.78 is 5.89. The zero-order valence-corrected chi connectivity index (χ0v) is 16.9. The summed E-state index contributed by atoms with van der Waals surface area (Å²) >= 11 is 0. The van der Waals surface area contributed by atoms with Crippen molar-refractivity contribution < 1.29 is 14.6 Å². The highest BCUT2D eigenvalue weighted by atomic mass is 16.6. The van der Waals surface area contributed by atoms with Crippen LogP contribution in [0, 0.1) is 0 Å². The zero-order chi connectivity index (χ0) is 20.0. The van der Waals surface area contributed by atoms with Crippen LogP contribution in [0.25, 0.3) is 11.1 Å². The van der Waals surface area contributed by atoms with Gasteiger partial charge in [0.05, 0.1) is 18.2 Å². The summed E-state index contributed by atoms with van der Waals surface area (Å²) in [7, 11) is 2.11. The highest BCUT2D eigenvalue weighted by Crippen LogP contribution is 2.45. The van der Waals surface area contributed by atoms with E-state index < -0.39 is 6.10 Å². The van der Waals surface area contributed by atoms with Crippen molar-refractivity contribution in [1.82, 2.24) is 9.80 Å². The van der Waals surface area contributed by atoms with Gasteiger partial charge in [0.15, 0.2) is 0 Å². The van der Waals surface area contributed by atoms with Gasteiger partial charge in [-0.3, -0.25) is 4.90 Å². The molecule has 2 saturated heterocycles. The maximum atomic E-state index is 13.1. The molecule has 1 spiro atoms. The predicted octanol–water partition coefficient (Wildman–Crippen LogP) is 3.47. The van der Waals surface area contributed by atoms with Crippen LogP contribution in [0.5, 0.6) is 0 Å². The number of likely N-dealkylation sites (tertiary alicyclic amines) is 2. The lowest BCUT2D eigenvalue weighted by Crippen LogP contribution is -2.53. The van der Waals surface area contributed by atoms with E-state index in [0.717, 1.165) is 25.9 Å². The molecule has 2 heterocycles. The molecule has 3 aliphatic rings. The highest BCUT2D eigenvalue weighted by molar-refractivity contribution is 5.79. The molecular formula is C24H28N2O3. The summed E-state index contributed by atoms with van der Waals surface area (Å²) in [5, 5.41) is 10.3. The van der Waals surface area contributed by atoms with E-state index in [9.17, 15) is 9.90 Å². The van der Waals surface area contributed by atoms with Crippen molar-refractivity contribution in [2.75, 3.05) is 33.3 Å². The molecule has 2 aliphatic heterocycles. The van der Waals surface area contributed by atoms with Gasteiger partial charge < -0.3 is 14.7 Å². The summed E-state index contributed by atoms with van der Waals surface area (Å²) in [5.74, 6) is 0.0623. The van der Waals surface area contributed by atoms with Crippen molar-refractivity contribution in [3.05, 3.63) is 59.7 Å². The zero-order valence-electron chi connectivity index (χ0n) is 16.9.